The average molecular weight is 477 g/mol. The van der Waals surface area contributed by atoms with Gasteiger partial charge >= 0.3 is 0 Å². The predicted molar refractivity (Wildman–Crippen MR) is 152 cm³/mol. The van der Waals surface area contributed by atoms with Crippen LogP contribution in [0.5, 0.6) is 0 Å². The third-order valence-corrected chi connectivity index (χ3v) is 11.0. The molecule has 4 saturated carbocycles. The highest BCUT2D eigenvalue weighted by atomic mass is 16.3. The van der Waals surface area contributed by atoms with E-state index in [2.05, 4.69) is 84.9 Å². The largest absolute Gasteiger partial charge is 0.455 e. The molecule has 0 unspecified atom stereocenters. The Kier molecular flexibility index (Phi) is 3.41. The number of furan rings is 1. The van der Waals surface area contributed by atoms with E-state index < -0.39 is 0 Å². The van der Waals surface area contributed by atoms with E-state index in [-0.39, 0.29) is 5.41 Å². The van der Waals surface area contributed by atoms with Crippen LogP contribution < -0.4 is 0 Å². The average Bonchev–Trinajstić information content (AvgIpc) is 3.44. The quantitative estimate of drug-likeness (QED) is 0.213. The highest BCUT2D eigenvalue weighted by molar-refractivity contribution is 6.16. The highest BCUT2D eigenvalue weighted by Crippen LogP contribution is 2.70. The first-order valence-corrected chi connectivity index (χ1v) is 14.2. The summed E-state index contributed by atoms with van der Waals surface area (Å²) in [4.78, 5) is 0. The first-order chi connectivity index (χ1) is 18.3. The maximum atomic E-state index is 6.76. The molecule has 178 valence electrons. The van der Waals surface area contributed by atoms with Gasteiger partial charge in [-0.15, -0.1) is 0 Å². The third kappa shape index (κ3) is 2.21. The van der Waals surface area contributed by atoms with Crippen LogP contribution in [0.3, 0.4) is 0 Å². The van der Waals surface area contributed by atoms with Gasteiger partial charge in [0.05, 0.1) is 0 Å². The van der Waals surface area contributed by atoms with E-state index in [1.54, 1.807) is 11.1 Å². The molecule has 1 nitrogen and oxygen atoms in total. The molecule has 6 aromatic rings. The fourth-order valence-electron chi connectivity index (χ4n) is 9.97. The fraction of sp³-hybridized carbons (Fsp3) is 0.278. The van der Waals surface area contributed by atoms with Crippen LogP contribution in [0.1, 0.15) is 43.2 Å². The Labute approximate surface area is 216 Å². The van der Waals surface area contributed by atoms with E-state index in [1.165, 1.54) is 75.5 Å². The second kappa shape index (κ2) is 6.45. The molecule has 5 aliphatic rings. The Morgan fingerprint density at radius 2 is 1.24 bits per heavy atom. The smallest absolute Gasteiger partial charge is 0.143 e. The van der Waals surface area contributed by atoms with Crippen molar-refractivity contribution in [1.82, 2.24) is 0 Å². The Morgan fingerprint density at radius 3 is 2.03 bits per heavy atom. The minimum absolute atomic E-state index is 0.133. The Bertz CT molecular complexity index is 1930. The van der Waals surface area contributed by atoms with Crippen LogP contribution in [0, 0.1) is 23.7 Å². The van der Waals surface area contributed by atoms with Crippen molar-refractivity contribution in [3.8, 4) is 11.1 Å². The van der Waals surface area contributed by atoms with E-state index >= 15 is 0 Å². The summed E-state index contributed by atoms with van der Waals surface area (Å²) >= 11 is 0. The molecule has 5 aliphatic carbocycles. The molecule has 1 heteroatoms. The summed E-state index contributed by atoms with van der Waals surface area (Å²) in [5.41, 5.74) is 8.41. The third-order valence-electron chi connectivity index (χ3n) is 11.0. The van der Waals surface area contributed by atoms with Crippen molar-refractivity contribution in [2.24, 2.45) is 23.7 Å². The second-order valence-corrected chi connectivity index (χ2v) is 12.5. The van der Waals surface area contributed by atoms with Gasteiger partial charge in [-0.25, -0.2) is 0 Å². The van der Waals surface area contributed by atoms with Gasteiger partial charge in [-0.3, -0.25) is 0 Å². The molecule has 0 aliphatic heterocycles. The van der Waals surface area contributed by atoms with Gasteiger partial charge in [-0.1, -0.05) is 66.7 Å². The molecule has 0 N–H and O–H groups in total. The minimum atomic E-state index is 0.133. The van der Waals surface area contributed by atoms with Gasteiger partial charge < -0.3 is 4.42 Å². The van der Waals surface area contributed by atoms with Crippen molar-refractivity contribution in [3.63, 3.8) is 0 Å². The molecular weight excluding hydrogens is 448 g/mol. The van der Waals surface area contributed by atoms with Gasteiger partial charge in [0.15, 0.2) is 0 Å². The van der Waals surface area contributed by atoms with Crippen LogP contribution in [0.15, 0.2) is 89.3 Å². The highest BCUT2D eigenvalue weighted by Gasteiger charge is 2.62. The van der Waals surface area contributed by atoms with Gasteiger partial charge in [-0.2, -0.15) is 0 Å². The predicted octanol–water partition coefficient (Wildman–Crippen LogP) is 9.61. The van der Waals surface area contributed by atoms with Gasteiger partial charge in [0.2, 0.25) is 0 Å². The Morgan fingerprint density at radius 1 is 0.568 bits per heavy atom. The van der Waals surface area contributed by atoms with E-state index in [4.69, 9.17) is 4.42 Å². The zero-order valence-electron chi connectivity index (χ0n) is 20.8. The minimum Gasteiger partial charge on any atom is -0.455 e. The SMILES string of the molecule is c1ccc2c3c(ccc2c1)-c1cc2c(cc1C31C3CC4CC(C3)CC1C4)oc1c3ccccc3ccc21. The summed E-state index contributed by atoms with van der Waals surface area (Å²) in [6.07, 6.45) is 7.08. The van der Waals surface area contributed by atoms with Crippen molar-refractivity contribution in [2.75, 3.05) is 0 Å². The summed E-state index contributed by atoms with van der Waals surface area (Å²) in [5.74, 6) is 3.38. The number of hydrogen-bond donors (Lipinski definition) is 0. The number of rotatable bonds is 0. The van der Waals surface area contributed by atoms with Gasteiger partial charge in [-0.05, 0) is 112 Å². The molecule has 0 atom stereocenters. The van der Waals surface area contributed by atoms with Crippen molar-refractivity contribution in [3.05, 3.63) is 96.1 Å². The molecule has 0 saturated heterocycles. The number of benzene rings is 5. The topological polar surface area (TPSA) is 13.1 Å². The summed E-state index contributed by atoms with van der Waals surface area (Å²) in [5, 5.41) is 7.84. The van der Waals surface area contributed by atoms with Crippen LogP contribution >= 0.6 is 0 Å². The first kappa shape index (κ1) is 19.5. The Hall–Kier alpha value is -3.58. The first-order valence-electron chi connectivity index (χ1n) is 14.2. The maximum Gasteiger partial charge on any atom is 0.143 e. The molecule has 4 fully saturated rings. The second-order valence-electron chi connectivity index (χ2n) is 12.5. The van der Waals surface area contributed by atoms with Gasteiger partial charge in [0, 0.05) is 21.6 Å². The lowest BCUT2D eigenvalue weighted by Gasteiger charge is -2.61. The molecule has 1 spiro atoms. The van der Waals surface area contributed by atoms with E-state index in [9.17, 15) is 0 Å². The summed E-state index contributed by atoms with van der Waals surface area (Å²) in [6.45, 7) is 0. The molecule has 1 aromatic heterocycles. The van der Waals surface area contributed by atoms with Gasteiger partial charge in [0.25, 0.3) is 0 Å². The van der Waals surface area contributed by atoms with E-state index in [0.717, 1.165) is 34.8 Å². The molecule has 1 heterocycles. The lowest BCUT2D eigenvalue weighted by atomic mass is 9.43. The maximum absolute atomic E-state index is 6.76. The van der Waals surface area contributed by atoms with Crippen molar-refractivity contribution in [2.45, 2.75) is 37.5 Å². The molecule has 0 radical (unpaired) electrons. The lowest BCUT2D eigenvalue weighted by Crippen LogP contribution is -2.55. The molecule has 4 bridgehead atoms. The fourth-order valence-corrected chi connectivity index (χ4v) is 9.97. The van der Waals surface area contributed by atoms with Crippen molar-refractivity contribution in [1.29, 1.82) is 0 Å². The molecule has 37 heavy (non-hydrogen) atoms. The summed E-state index contributed by atoms with van der Waals surface area (Å²) < 4.78 is 6.76. The number of hydrogen-bond acceptors (Lipinski definition) is 1. The Balaban J connectivity index is 1.35. The van der Waals surface area contributed by atoms with Crippen LogP contribution in [-0.4, -0.2) is 0 Å². The summed E-state index contributed by atoms with van der Waals surface area (Å²) in [7, 11) is 0. The van der Waals surface area contributed by atoms with Crippen LogP contribution in [0.2, 0.25) is 0 Å². The standard InChI is InChI=1S/C36H28O/c1-3-7-26-22(5-1)9-11-28-30-18-31-29-12-10-23-6-2-4-8-27(23)35(29)37-33(31)19-32(30)36(34(26)28)24-14-20-13-21(16-24)17-25(36)15-20/h1-12,18-21,24-25H,13-17H2. The van der Waals surface area contributed by atoms with Crippen LogP contribution in [0.4, 0.5) is 0 Å². The molecule has 11 rings (SSSR count). The zero-order chi connectivity index (χ0) is 23.9. The van der Waals surface area contributed by atoms with Gasteiger partial charge in [0.1, 0.15) is 11.2 Å². The van der Waals surface area contributed by atoms with Crippen molar-refractivity contribution < 1.29 is 4.42 Å². The lowest BCUT2D eigenvalue weighted by molar-refractivity contribution is -0.0393. The van der Waals surface area contributed by atoms with Crippen LogP contribution in [0.25, 0.3) is 54.6 Å². The molecule has 0 amide bonds. The zero-order valence-corrected chi connectivity index (χ0v) is 20.8. The van der Waals surface area contributed by atoms with E-state index in [0.29, 0.717) is 0 Å². The van der Waals surface area contributed by atoms with Crippen molar-refractivity contribution >= 4 is 43.5 Å². The molecule has 5 aromatic carbocycles. The van der Waals surface area contributed by atoms with Crippen LogP contribution in [-0.2, 0) is 5.41 Å². The summed E-state index contributed by atoms with van der Waals surface area (Å²) in [6, 6.07) is 32.1. The molecular formula is C36H28O. The number of fused-ring (bicyclic) bond motifs is 10. The monoisotopic (exact) mass is 476 g/mol. The normalized spacial score (nSPS) is 29.2. The van der Waals surface area contributed by atoms with E-state index in [1.807, 2.05) is 0 Å².